The standard InChI is InChI=1S/C15H17N3O2/c1-9-5-4-6-13(11(9)3)20-14-8-12(15(16)18-19)7-10(2)17-14/h4-8,19H,1-3H3,(H2,16,18). The van der Waals surface area contributed by atoms with E-state index in [-0.39, 0.29) is 5.84 Å². The van der Waals surface area contributed by atoms with Gasteiger partial charge in [0.1, 0.15) is 5.75 Å². The number of amidine groups is 1. The minimum atomic E-state index is 0.0290. The number of hydrogen-bond acceptors (Lipinski definition) is 4. The van der Waals surface area contributed by atoms with Gasteiger partial charge in [-0.1, -0.05) is 17.3 Å². The normalized spacial score (nSPS) is 11.4. The Labute approximate surface area is 117 Å². The van der Waals surface area contributed by atoms with Crippen LogP contribution in [0.25, 0.3) is 0 Å². The first-order chi connectivity index (χ1) is 9.51. The van der Waals surface area contributed by atoms with Crippen LogP contribution in [0, 0.1) is 20.8 Å². The van der Waals surface area contributed by atoms with Crippen LogP contribution >= 0.6 is 0 Å². The second-order valence-corrected chi connectivity index (χ2v) is 4.62. The first kappa shape index (κ1) is 13.9. The van der Waals surface area contributed by atoms with Crippen molar-refractivity contribution in [1.29, 1.82) is 0 Å². The van der Waals surface area contributed by atoms with Gasteiger partial charge in [0, 0.05) is 17.3 Å². The summed E-state index contributed by atoms with van der Waals surface area (Å²) < 4.78 is 5.80. The molecule has 0 radical (unpaired) electrons. The zero-order valence-electron chi connectivity index (χ0n) is 11.7. The topological polar surface area (TPSA) is 80.7 Å². The van der Waals surface area contributed by atoms with Crippen molar-refractivity contribution in [1.82, 2.24) is 4.98 Å². The van der Waals surface area contributed by atoms with Crippen molar-refractivity contribution in [2.24, 2.45) is 10.9 Å². The van der Waals surface area contributed by atoms with Crippen LogP contribution in [0.4, 0.5) is 0 Å². The fraction of sp³-hybridized carbons (Fsp3) is 0.200. The van der Waals surface area contributed by atoms with Crippen molar-refractivity contribution in [3.8, 4) is 11.6 Å². The second-order valence-electron chi connectivity index (χ2n) is 4.62. The Morgan fingerprint density at radius 3 is 2.70 bits per heavy atom. The number of benzene rings is 1. The van der Waals surface area contributed by atoms with Gasteiger partial charge in [0.25, 0.3) is 0 Å². The van der Waals surface area contributed by atoms with E-state index in [0.29, 0.717) is 11.4 Å². The molecule has 2 aromatic rings. The molecule has 0 amide bonds. The molecule has 3 N–H and O–H groups in total. The van der Waals surface area contributed by atoms with Gasteiger partial charge in [-0.25, -0.2) is 4.98 Å². The van der Waals surface area contributed by atoms with Crippen LogP contribution < -0.4 is 10.5 Å². The molecule has 104 valence electrons. The molecule has 2 rings (SSSR count). The molecule has 0 unspecified atom stereocenters. The number of rotatable bonds is 3. The molecule has 0 saturated carbocycles. The number of oxime groups is 1. The summed E-state index contributed by atoms with van der Waals surface area (Å²) in [7, 11) is 0. The minimum Gasteiger partial charge on any atom is -0.439 e. The molecule has 0 atom stereocenters. The molecule has 0 bridgehead atoms. The molecular formula is C15H17N3O2. The third-order valence-electron chi connectivity index (χ3n) is 3.10. The lowest BCUT2D eigenvalue weighted by atomic mass is 10.1. The van der Waals surface area contributed by atoms with Crippen LogP contribution in [0.2, 0.25) is 0 Å². The van der Waals surface area contributed by atoms with Crippen LogP contribution in [0.15, 0.2) is 35.5 Å². The Bertz CT molecular complexity index is 666. The summed E-state index contributed by atoms with van der Waals surface area (Å²) in [6.45, 7) is 5.84. The summed E-state index contributed by atoms with van der Waals surface area (Å²) in [6.07, 6.45) is 0. The molecule has 5 heteroatoms. The summed E-state index contributed by atoms with van der Waals surface area (Å²) in [4.78, 5) is 4.30. The van der Waals surface area contributed by atoms with E-state index in [1.54, 1.807) is 12.1 Å². The van der Waals surface area contributed by atoms with Gasteiger partial charge in [-0.15, -0.1) is 0 Å². The van der Waals surface area contributed by atoms with Gasteiger partial charge in [0.2, 0.25) is 5.88 Å². The number of ether oxygens (including phenoxy) is 1. The van der Waals surface area contributed by atoms with Gasteiger partial charge in [0.15, 0.2) is 5.84 Å². The Hall–Kier alpha value is -2.56. The minimum absolute atomic E-state index is 0.0290. The lowest BCUT2D eigenvalue weighted by Crippen LogP contribution is -2.13. The highest BCUT2D eigenvalue weighted by atomic mass is 16.5. The maximum absolute atomic E-state index is 8.74. The number of hydrogen-bond donors (Lipinski definition) is 2. The number of aromatic nitrogens is 1. The fourth-order valence-electron chi connectivity index (χ4n) is 1.84. The molecule has 0 aliphatic heterocycles. The van der Waals surface area contributed by atoms with Crippen molar-refractivity contribution in [2.75, 3.05) is 0 Å². The smallest absolute Gasteiger partial charge is 0.220 e. The molecule has 20 heavy (non-hydrogen) atoms. The van der Waals surface area contributed by atoms with Gasteiger partial charge < -0.3 is 15.7 Å². The summed E-state index contributed by atoms with van der Waals surface area (Å²) in [5.41, 5.74) is 9.10. The highest BCUT2D eigenvalue weighted by molar-refractivity contribution is 5.97. The van der Waals surface area contributed by atoms with Gasteiger partial charge >= 0.3 is 0 Å². The van der Waals surface area contributed by atoms with E-state index in [9.17, 15) is 0 Å². The first-order valence-corrected chi connectivity index (χ1v) is 6.22. The number of aryl methyl sites for hydroxylation is 2. The van der Waals surface area contributed by atoms with Crippen LogP contribution in [0.1, 0.15) is 22.4 Å². The summed E-state index contributed by atoms with van der Waals surface area (Å²) in [6, 6.07) is 9.20. The van der Waals surface area contributed by atoms with Gasteiger partial charge in [-0.3, -0.25) is 0 Å². The third kappa shape index (κ3) is 2.88. The molecule has 1 aromatic carbocycles. The zero-order valence-corrected chi connectivity index (χ0v) is 11.7. The predicted octanol–water partition coefficient (Wildman–Crippen LogP) is 2.89. The molecule has 1 heterocycles. The summed E-state index contributed by atoms with van der Waals surface area (Å²) >= 11 is 0. The van der Waals surface area contributed by atoms with Crippen molar-refractivity contribution in [3.05, 3.63) is 52.7 Å². The molecule has 0 fully saturated rings. The Morgan fingerprint density at radius 2 is 2.00 bits per heavy atom. The summed E-state index contributed by atoms with van der Waals surface area (Å²) in [5, 5.41) is 11.7. The molecule has 5 nitrogen and oxygen atoms in total. The van der Waals surface area contributed by atoms with E-state index in [1.165, 1.54) is 0 Å². The first-order valence-electron chi connectivity index (χ1n) is 6.22. The van der Waals surface area contributed by atoms with Gasteiger partial charge in [0.05, 0.1) is 0 Å². The number of nitrogens with two attached hydrogens (primary N) is 1. The van der Waals surface area contributed by atoms with Crippen LogP contribution in [0.3, 0.4) is 0 Å². The van der Waals surface area contributed by atoms with Crippen molar-refractivity contribution in [3.63, 3.8) is 0 Å². The highest BCUT2D eigenvalue weighted by Gasteiger charge is 2.08. The van der Waals surface area contributed by atoms with Gasteiger partial charge in [-0.05, 0) is 44.0 Å². The lowest BCUT2D eigenvalue weighted by Gasteiger charge is -2.11. The Balaban J connectivity index is 2.39. The van der Waals surface area contributed by atoms with Gasteiger partial charge in [-0.2, -0.15) is 0 Å². The van der Waals surface area contributed by atoms with Crippen molar-refractivity contribution < 1.29 is 9.94 Å². The number of pyridine rings is 1. The maximum Gasteiger partial charge on any atom is 0.220 e. The predicted molar refractivity (Wildman–Crippen MR) is 77.5 cm³/mol. The fourth-order valence-corrected chi connectivity index (χ4v) is 1.84. The molecular weight excluding hydrogens is 254 g/mol. The van der Waals surface area contributed by atoms with E-state index in [0.717, 1.165) is 22.6 Å². The molecule has 1 aromatic heterocycles. The Morgan fingerprint density at radius 1 is 1.25 bits per heavy atom. The van der Waals surface area contributed by atoms with E-state index in [1.807, 2.05) is 39.0 Å². The van der Waals surface area contributed by atoms with Crippen LogP contribution in [0.5, 0.6) is 11.6 Å². The zero-order chi connectivity index (χ0) is 14.7. The van der Waals surface area contributed by atoms with Crippen LogP contribution in [-0.2, 0) is 0 Å². The lowest BCUT2D eigenvalue weighted by molar-refractivity contribution is 0.318. The third-order valence-corrected chi connectivity index (χ3v) is 3.10. The van der Waals surface area contributed by atoms with Crippen molar-refractivity contribution in [2.45, 2.75) is 20.8 Å². The van der Waals surface area contributed by atoms with E-state index in [4.69, 9.17) is 15.7 Å². The van der Waals surface area contributed by atoms with Crippen LogP contribution in [-0.4, -0.2) is 16.0 Å². The average molecular weight is 271 g/mol. The monoisotopic (exact) mass is 271 g/mol. The average Bonchev–Trinajstić information content (AvgIpc) is 2.42. The molecule has 0 spiro atoms. The molecule has 0 saturated heterocycles. The quantitative estimate of drug-likeness (QED) is 0.389. The van der Waals surface area contributed by atoms with E-state index >= 15 is 0 Å². The SMILES string of the molecule is Cc1cc(/C(N)=N/O)cc(Oc2cccc(C)c2C)n1. The Kier molecular flexibility index (Phi) is 3.89. The number of nitrogens with zero attached hydrogens (tertiary/aromatic N) is 2. The second kappa shape index (κ2) is 5.61. The molecule has 0 aliphatic carbocycles. The summed E-state index contributed by atoms with van der Waals surface area (Å²) in [5.74, 6) is 1.19. The molecule has 0 aliphatic rings. The highest BCUT2D eigenvalue weighted by Crippen LogP contribution is 2.26. The van der Waals surface area contributed by atoms with E-state index < -0.39 is 0 Å². The van der Waals surface area contributed by atoms with E-state index in [2.05, 4.69) is 10.1 Å². The maximum atomic E-state index is 8.74. The van der Waals surface area contributed by atoms with Crippen molar-refractivity contribution >= 4 is 5.84 Å². The largest absolute Gasteiger partial charge is 0.439 e.